The number of hydrogen-bond donors (Lipinski definition) is 1. The molecule has 1 aromatic rings. The lowest BCUT2D eigenvalue weighted by atomic mass is 9.49. The van der Waals surface area contributed by atoms with Crippen LogP contribution in [-0.4, -0.2) is 44.9 Å². The Morgan fingerprint density at radius 1 is 1.06 bits per heavy atom. The third kappa shape index (κ3) is 3.88. The van der Waals surface area contributed by atoms with Crippen molar-refractivity contribution in [1.29, 1.82) is 0 Å². The van der Waals surface area contributed by atoms with E-state index in [1.807, 2.05) is 0 Å². The van der Waals surface area contributed by atoms with Gasteiger partial charge in [-0.05, 0) is 93.4 Å². The van der Waals surface area contributed by atoms with Crippen LogP contribution in [0, 0.1) is 23.2 Å². The molecular formula is C24H34N2O4S. The van der Waals surface area contributed by atoms with Gasteiger partial charge >= 0.3 is 0 Å². The summed E-state index contributed by atoms with van der Waals surface area (Å²) in [7, 11) is -2.04. The Morgan fingerprint density at radius 2 is 1.68 bits per heavy atom. The van der Waals surface area contributed by atoms with Crippen molar-refractivity contribution >= 4 is 15.9 Å². The normalized spacial score (nSPS) is 35.1. The van der Waals surface area contributed by atoms with Crippen LogP contribution >= 0.6 is 0 Å². The van der Waals surface area contributed by atoms with Crippen molar-refractivity contribution in [3.63, 3.8) is 0 Å². The first kappa shape index (κ1) is 21.3. The van der Waals surface area contributed by atoms with Crippen LogP contribution in [0.25, 0.3) is 0 Å². The van der Waals surface area contributed by atoms with E-state index in [2.05, 4.69) is 5.32 Å². The van der Waals surface area contributed by atoms with Crippen molar-refractivity contribution in [2.45, 2.75) is 68.7 Å². The molecule has 1 unspecified atom stereocenters. The second kappa shape index (κ2) is 8.07. The lowest BCUT2D eigenvalue weighted by Crippen LogP contribution is -2.56. The summed E-state index contributed by atoms with van der Waals surface area (Å²) >= 11 is 0. The van der Waals surface area contributed by atoms with Crippen LogP contribution < -0.4 is 10.1 Å². The molecule has 1 atom stereocenters. The molecule has 31 heavy (non-hydrogen) atoms. The van der Waals surface area contributed by atoms with Crippen LogP contribution in [0.2, 0.25) is 0 Å². The predicted molar refractivity (Wildman–Crippen MR) is 118 cm³/mol. The van der Waals surface area contributed by atoms with Crippen molar-refractivity contribution in [2.24, 2.45) is 23.2 Å². The fourth-order valence-corrected chi connectivity index (χ4v) is 8.86. The molecule has 5 fully saturated rings. The summed E-state index contributed by atoms with van der Waals surface area (Å²) in [6, 6.07) is 6.39. The van der Waals surface area contributed by atoms with Gasteiger partial charge in [0.1, 0.15) is 5.75 Å². The highest BCUT2D eigenvalue weighted by Crippen LogP contribution is 2.60. The fraction of sp³-hybridized carbons (Fsp3) is 0.708. The van der Waals surface area contributed by atoms with Crippen molar-refractivity contribution < 1.29 is 17.9 Å². The topological polar surface area (TPSA) is 75.7 Å². The molecule has 1 amide bonds. The number of ether oxygens (including phenoxy) is 1. The van der Waals surface area contributed by atoms with Crippen molar-refractivity contribution in [1.82, 2.24) is 9.62 Å². The molecule has 6 rings (SSSR count). The Labute approximate surface area is 185 Å². The Balaban J connectivity index is 1.28. The minimum Gasteiger partial charge on any atom is -0.497 e. The number of amides is 1. The first-order valence-corrected chi connectivity index (χ1v) is 13.3. The lowest BCUT2D eigenvalue weighted by Gasteiger charge is -2.55. The Hall–Kier alpha value is -1.60. The summed E-state index contributed by atoms with van der Waals surface area (Å²) in [6.07, 6.45) is 9.66. The van der Waals surface area contributed by atoms with E-state index >= 15 is 0 Å². The van der Waals surface area contributed by atoms with E-state index < -0.39 is 10.0 Å². The van der Waals surface area contributed by atoms with Gasteiger partial charge in [0.25, 0.3) is 0 Å². The molecule has 4 aliphatic carbocycles. The van der Waals surface area contributed by atoms with E-state index in [0.717, 1.165) is 56.3 Å². The molecule has 1 aliphatic heterocycles. The van der Waals surface area contributed by atoms with Gasteiger partial charge in [0.05, 0.1) is 12.0 Å². The standard InChI is InChI=1S/C24H34N2O4S/c1-30-21-5-7-22(8-6-21)31(28,29)26-9-3-2-4-20(26)16-25-23(27)24-13-17-10-18(14-24)12-19(11-17)15-24/h5-8,17-20H,2-4,9-16H2,1H3,(H,25,27). The molecule has 0 aromatic heterocycles. The Morgan fingerprint density at radius 3 is 2.26 bits per heavy atom. The second-order valence-electron chi connectivity index (χ2n) is 10.3. The van der Waals surface area contributed by atoms with Gasteiger partial charge in [-0.1, -0.05) is 6.42 Å². The molecule has 1 heterocycles. The molecule has 1 aromatic carbocycles. The van der Waals surface area contributed by atoms with Crippen LogP contribution in [0.15, 0.2) is 29.2 Å². The number of nitrogens with one attached hydrogen (secondary N) is 1. The van der Waals surface area contributed by atoms with Crippen molar-refractivity contribution in [2.75, 3.05) is 20.2 Å². The van der Waals surface area contributed by atoms with Crippen LogP contribution in [0.4, 0.5) is 0 Å². The van der Waals surface area contributed by atoms with Gasteiger partial charge in [0.2, 0.25) is 15.9 Å². The minimum atomic E-state index is -3.60. The average Bonchev–Trinajstić information content (AvgIpc) is 2.76. The van der Waals surface area contributed by atoms with Gasteiger partial charge in [-0.15, -0.1) is 0 Å². The molecular weight excluding hydrogens is 412 g/mol. The molecule has 6 nitrogen and oxygen atoms in total. The highest BCUT2D eigenvalue weighted by molar-refractivity contribution is 7.89. The first-order chi connectivity index (χ1) is 14.9. The average molecular weight is 447 g/mol. The summed E-state index contributed by atoms with van der Waals surface area (Å²) in [5.41, 5.74) is -0.191. The zero-order chi connectivity index (χ0) is 21.6. The zero-order valence-corrected chi connectivity index (χ0v) is 19.2. The van der Waals surface area contributed by atoms with Gasteiger partial charge in [0, 0.05) is 24.5 Å². The maximum absolute atomic E-state index is 13.3. The molecule has 1 N–H and O–H groups in total. The number of carbonyl (C=O) groups is 1. The number of sulfonamides is 1. The largest absolute Gasteiger partial charge is 0.497 e. The van der Waals surface area contributed by atoms with Crippen LogP contribution in [-0.2, 0) is 14.8 Å². The number of hydrogen-bond acceptors (Lipinski definition) is 4. The molecule has 7 heteroatoms. The minimum absolute atomic E-state index is 0.180. The maximum Gasteiger partial charge on any atom is 0.243 e. The summed E-state index contributed by atoms with van der Waals surface area (Å²) in [4.78, 5) is 13.6. The van der Waals surface area contributed by atoms with E-state index in [-0.39, 0.29) is 22.3 Å². The quantitative estimate of drug-likeness (QED) is 0.725. The fourth-order valence-electron chi connectivity index (χ4n) is 7.16. The number of rotatable bonds is 6. The van der Waals surface area contributed by atoms with E-state index in [1.54, 1.807) is 35.7 Å². The Bertz CT molecular complexity index is 892. The highest BCUT2D eigenvalue weighted by Gasteiger charge is 2.54. The molecule has 0 spiro atoms. The van der Waals surface area contributed by atoms with Gasteiger partial charge < -0.3 is 10.1 Å². The molecule has 4 bridgehead atoms. The summed E-state index contributed by atoms with van der Waals surface area (Å²) < 4.78 is 33.4. The van der Waals surface area contributed by atoms with Crippen molar-refractivity contribution in [3.05, 3.63) is 24.3 Å². The smallest absolute Gasteiger partial charge is 0.243 e. The first-order valence-electron chi connectivity index (χ1n) is 11.8. The number of carbonyl (C=O) groups excluding carboxylic acids is 1. The third-order valence-corrected chi connectivity index (χ3v) is 10.2. The lowest BCUT2D eigenvalue weighted by molar-refractivity contribution is -0.146. The summed E-state index contributed by atoms with van der Waals surface area (Å²) in [5, 5.41) is 3.22. The van der Waals surface area contributed by atoms with Crippen LogP contribution in [0.1, 0.15) is 57.8 Å². The number of nitrogens with zero attached hydrogens (tertiary/aromatic N) is 1. The molecule has 170 valence electrons. The van der Waals surface area contributed by atoms with Gasteiger partial charge in [-0.2, -0.15) is 4.31 Å². The van der Waals surface area contributed by atoms with Gasteiger partial charge in [-0.3, -0.25) is 4.79 Å². The van der Waals surface area contributed by atoms with Crippen molar-refractivity contribution in [3.8, 4) is 5.75 Å². The third-order valence-electron chi connectivity index (χ3n) is 8.26. The SMILES string of the molecule is COc1ccc(S(=O)(=O)N2CCCCC2CNC(=O)C23CC4CC(CC(C4)C2)C3)cc1. The number of piperidine rings is 1. The predicted octanol–water partition coefficient (Wildman–Crippen LogP) is 3.57. The highest BCUT2D eigenvalue weighted by atomic mass is 32.2. The maximum atomic E-state index is 13.3. The number of methoxy groups -OCH3 is 1. The van der Waals surface area contributed by atoms with Crippen LogP contribution in [0.5, 0.6) is 5.75 Å². The monoisotopic (exact) mass is 446 g/mol. The van der Waals surface area contributed by atoms with E-state index in [1.165, 1.54) is 19.3 Å². The summed E-state index contributed by atoms with van der Waals surface area (Å²) in [6.45, 7) is 0.919. The summed E-state index contributed by atoms with van der Waals surface area (Å²) in [5.74, 6) is 2.98. The zero-order valence-electron chi connectivity index (χ0n) is 18.4. The van der Waals surface area contributed by atoms with Gasteiger partial charge in [-0.25, -0.2) is 8.42 Å². The molecule has 5 aliphatic rings. The number of benzene rings is 1. The Kier molecular flexibility index (Phi) is 5.53. The second-order valence-corrected chi connectivity index (χ2v) is 12.2. The van der Waals surface area contributed by atoms with Crippen LogP contribution in [0.3, 0.4) is 0 Å². The van der Waals surface area contributed by atoms with E-state index in [0.29, 0.717) is 18.8 Å². The van der Waals surface area contributed by atoms with Gasteiger partial charge in [0.15, 0.2) is 0 Å². The van der Waals surface area contributed by atoms with E-state index in [9.17, 15) is 13.2 Å². The molecule has 1 saturated heterocycles. The van der Waals surface area contributed by atoms with E-state index in [4.69, 9.17) is 4.74 Å². The molecule has 4 saturated carbocycles. The molecule has 0 radical (unpaired) electrons.